The number of nitrogens with zero attached hydrogens (tertiary/aromatic N) is 3. The van der Waals surface area contributed by atoms with Gasteiger partial charge >= 0.3 is 6.18 Å². The number of amides is 1. The lowest BCUT2D eigenvalue weighted by molar-refractivity contribution is -0.142. The predicted octanol–water partition coefficient (Wildman–Crippen LogP) is 3.32. The van der Waals surface area contributed by atoms with Crippen molar-refractivity contribution in [3.05, 3.63) is 41.7 Å². The fourth-order valence-electron chi connectivity index (χ4n) is 2.96. The maximum atomic E-state index is 13.7. The highest BCUT2D eigenvalue weighted by molar-refractivity contribution is 6.00. The molecule has 2 aromatic heterocycles. The molecular formula is C19H17F3N4O3. The molecule has 0 aliphatic heterocycles. The largest absolute Gasteiger partial charge is 0.493 e. The van der Waals surface area contributed by atoms with E-state index in [9.17, 15) is 18.0 Å². The average Bonchev–Trinajstić information content (AvgIpc) is 3.40. The van der Waals surface area contributed by atoms with Crippen LogP contribution in [0.2, 0.25) is 0 Å². The van der Waals surface area contributed by atoms with Crippen molar-refractivity contribution >= 4 is 11.6 Å². The quantitative estimate of drug-likeness (QED) is 0.703. The van der Waals surface area contributed by atoms with Gasteiger partial charge in [-0.05, 0) is 37.1 Å². The first-order valence-corrected chi connectivity index (χ1v) is 8.81. The van der Waals surface area contributed by atoms with Gasteiger partial charge in [-0.1, -0.05) is 0 Å². The Bertz CT molecular complexity index is 1090. The van der Waals surface area contributed by atoms with E-state index in [2.05, 4.69) is 15.4 Å². The first-order chi connectivity index (χ1) is 13.8. The van der Waals surface area contributed by atoms with E-state index in [1.807, 2.05) is 0 Å². The molecule has 1 N–H and O–H groups in total. The van der Waals surface area contributed by atoms with E-state index in [0.717, 1.165) is 25.1 Å². The van der Waals surface area contributed by atoms with Gasteiger partial charge in [0.1, 0.15) is 5.56 Å². The standard InChI is InChI=1S/C19H17F3N4O3/c1-28-14-6-3-10(7-15(14)29-2)13-8-16(19(20,21)22)26-17(25-13)12(9-23-26)18(27)24-11-4-5-11/h3,6-9,11H,4-5H2,1-2H3,(H,24,27). The minimum atomic E-state index is -4.69. The molecule has 10 heteroatoms. The van der Waals surface area contributed by atoms with E-state index < -0.39 is 17.8 Å². The van der Waals surface area contributed by atoms with Crippen molar-refractivity contribution in [2.45, 2.75) is 25.1 Å². The third kappa shape index (κ3) is 3.57. The number of nitrogens with one attached hydrogen (secondary N) is 1. The minimum absolute atomic E-state index is 0.00951. The molecule has 1 aliphatic rings. The fourth-order valence-corrected chi connectivity index (χ4v) is 2.96. The summed E-state index contributed by atoms with van der Waals surface area (Å²) in [5, 5.41) is 6.51. The van der Waals surface area contributed by atoms with Gasteiger partial charge in [-0.3, -0.25) is 4.79 Å². The summed E-state index contributed by atoms with van der Waals surface area (Å²) in [6, 6.07) is 5.61. The average molecular weight is 406 g/mol. The molecule has 2 heterocycles. The van der Waals surface area contributed by atoms with Gasteiger partial charge in [0.05, 0.1) is 26.1 Å². The summed E-state index contributed by atoms with van der Waals surface area (Å²) in [7, 11) is 2.89. The number of fused-ring (bicyclic) bond motifs is 1. The normalized spacial score (nSPS) is 14.1. The zero-order valence-corrected chi connectivity index (χ0v) is 15.6. The van der Waals surface area contributed by atoms with Gasteiger partial charge in [0, 0.05) is 11.6 Å². The Morgan fingerprint density at radius 3 is 2.52 bits per heavy atom. The lowest BCUT2D eigenvalue weighted by atomic mass is 10.1. The molecule has 1 aromatic carbocycles. The highest BCUT2D eigenvalue weighted by Crippen LogP contribution is 2.35. The Morgan fingerprint density at radius 2 is 1.90 bits per heavy atom. The van der Waals surface area contributed by atoms with E-state index in [1.165, 1.54) is 20.3 Å². The summed E-state index contributed by atoms with van der Waals surface area (Å²) in [6.07, 6.45) is -1.89. The number of carbonyl (C=O) groups excluding carboxylic acids is 1. The van der Waals surface area contributed by atoms with Crippen LogP contribution in [0.4, 0.5) is 13.2 Å². The SMILES string of the molecule is COc1ccc(-c2cc(C(F)(F)F)n3ncc(C(=O)NC4CC4)c3n2)cc1OC. The summed E-state index contributed by atoms with van der Waals surface area (Å²) in [6.45, 7) is 0. The Labute approximate surface area is 163 Å². The minimum Gasteiger partial charge on any atom is -0.493 e. The second-order valence-corrected chi connectivity index (χ2v) is 6.64. The molecule has 0 radical (unpaired) electrons. The van der Waals surface area contributed by atoms with Crippen LogP contribution in [0.1, 0.15) is 28.9 Å². The van der Waals surface area contributed by atoms with Crippen LogP contribution in [0, 0.1) is 0 Å². The monoisotopic (exact) mass is 406 g/mol. The summed E-state index contributed by atoms with van der Waals surface area (Å²) in [4.78, 5) is 16.7. The van der Waals surface area contributed by atoms with Crippen molar-refractivity contribution in [1.29, 1.82) is 0 Å². The lowest BCUT2D eigenvalue weighted by Gasteiger charge is -2.13. The third-order valence-corrected chi connectivity index (χ3v) is 4.60. The van der Waals surface area contributed by atoms with Crippen molar-refractivity contribution in [2.75, 3.05) is 14.2 Å². The van der Waals surface area contributed by atoms with Crippen LogP contribution in [0.15, 0.2) is 30.5 Å². The number of ether oxygens (including phenoxy) is 2. The van der Waals surface area contributed by atoms with Crippen LogP contribution in [0.5, 0.6) is 11.5 Å². The van der Waals surface area contributed by atoms with E-state index in [0.29, 0.717) is 21.6 Å². The molecule has 0 spiro atoms. The molecule has 0 unspecified atom stereocenters. The number of hydrogen-bond acceptors (Lipinski definition) is 5. The van der Waals surface area contributed by atoms with Gasteiger partial charge in [-0.2, -0.15) is 18.3 Å². The highest BCUT2D eigenvalue weighted by Gasteiger charge is 2.36. The maximum absolute atomic E-state index is 13.7. The zero-order chi connectivity index (χ0) is 20.8. The molecule has 7 nitrogen and oxygen atoms in total. The van der Waals surface area contributed by atoms with Gasteiger partial charge in [0.25, 0.3) is 5.91 Å². The first kappa shape index (κ1) is 19.0. The second kappa shape index (κ2) is 6.94. The Hall–Kier alpha value is -3.30. The molecular weight excluding hydrogens is 389 g/mol. The van der Waals surface area contributed by atoms with Gasteiger partial charge in [0.2, 0.25) is 0 Å². The fraction of sp³-hybridized carbons (Fsp3) is 0.316. The zero-order valence-electron chi connectivity index (χ0n) is 15.6. The first-order valence-electron chi connectivity index (χ1n) is 8.81. The molecule has 0 bridgehead atoms. The summed E-state index contributed by atoms with van der Waals surface area (Å²) in [5.74, 6) is 0.287. The molecule has 1 fully saturated rings. The Kier molecular flexibility index (Phi) is 4.56. The van der Waals surface area contributed by atoms with Crippen molar-refractivity contribution in [2.24, 2.45) is 0 Å². The van der Waals surface area contributed by atoms with Crippen LogP contribution in [-0.4, -0.2) is 40.8 Å². The summed E-state index contributed by atoms with van der Waals surface area (Å²) < 4.78 is 52.1. The van der Waals surface area contributed by atoms with E-state index >= 15 is 0 Å². The maximum Gasteiger partial charge on any atom is 0.433 e. The van der Waals surface area contributed by atoms with Crippen molar-refractivity contribution in [1.82, 2.24) is 19.9 Å². The van der Waals surface area contributed by atoms with Gasteiger partial charge in [0.15, 0.2) is 22.8 Å². The van der Waals surface area contributed by atoms with E-state index in [1.54, 1.807) is 12.1 Å². The van der Waals surface area contributed by atoms with Gasteiger partial charge in [-0.15, -0.1) is 0 Å². The Balaban J connectivity index is 1.89. The van der Waals surface area contributed by atoms with Crippen molar-refractivity contribution in [3.63, 3.8) is 0 Å². The van der Waals surface area contributed by atoms with Crippen molar-refractivity contribution < 1.29 is 27.4 Å². The van der Waals surface area contributed by atoms with Crippen LogP contribution in [0.25, 0.3) is 16.9 Å². The summed E-state index contributed by atoms with van der Waals surface area (Å²) >= 11 is 0. The molecule has 29 heavy (non-hydrogen) atoms. The van der Waals surface area contributed by atoms with Crippen LogP contribution in [0.3, 0.4) is 0 Å². The van der Waals surface area contributed by atoms with Gasteiger partial charge in [-0.25, -0.2) is 9.50 Å². The van der Waals surface area contributed by atoms with Gasteiger partial charge < -0.3 is 14.8 Å². The van der Waals surface area contributed by atoms with E-state index in [-0.39, 0.29) is 22.9 Å². The number of methoxy groups -OCH3 is 2. The summed E-state index contributed by atoms with van der Waals surface area (Å²) in [5.41, 5.74) is -0.789. The number of alkyl halides is 3. The second-order valence-electron chi connectivity index (χ2n) is 6.64. The predicted molar refractivity (Wildman–Crippen MR) is 97.0 cm³/mol. The smallest absolute Gasteiger partial charge is 0.433 e. The third-order valence-electron chi connectivity index (χ3n) is 4.60. The highest BCUT2D eigenvalue weighted by atomic mass is 19.4. The molecule has 152 valence electrons. The molecule has 3 aromatic rings. The number of aromatic nitrogens is 3. The van der Waals surface area contributed by atoms with E-state index in [4.69, 9.17) is 9.47 Å². The lowest BCUT2D eigenvalue weighted by Crippen LogP contribution is -2.25. The molecule has 1 aliphatic carbocycles. The molecule has 0 saturated heterocycles. The Morgan fingerprint density at radius 1 is 1.17 bits per heavy atom. The molecule has 1 saturated carbocycles. The van der Waals surface area contributed by atoms with Crippen LogP contribution < -0.4 is 14.8 Å². The van der Waals surface area contributed by atoms with Crippen molar-refractivity contribution in [3.8, 4) is 22.8 Å². The number of rotatable bonds is 5. The number of carbonyl (C=O) groups is 1. The van der Waals surface area contributed by atoms with Crippen LogP contribution >= 0.6 is 0 Å². The molecule has 0 atom stereocenters. The number of hydrogen-bond donors (Lipinski definition) is 1. The topological polar surface area (TPSA) is 77.8 Å². The number of benzene rings is 1. The molecule has 4 rings (SSSR count). The number of halogens is 3. The molecule has 1 amide bonds. The van der Waals surface area contributed by atoms with Crippen LogP contribution in [-0.2, 0) is 6.18 Å².